The third-order valence-corrected chi connectivity index (χ3v) is 2.42. The Labute approximate surface area is 107 Å². The minimum absolute atomic E-state index is 0.0597. The van der Waals surface area contributed by atoms with Crippen LogP contribution in [0.25, 0.3) is 0 Å². The molecule has 0 bridgehead atoms. The first kappa shape index (κ1) is 12.5. The van der Waals surface area contributed by atoms with Gasteiger partial charge < -0.3 is 10.1 Å². The number of aromatic nitrogens is 2. The molecule has 18 heavy (non-hydrogen) atoms. The summed E-state index contributed by atoms with van der Waals surface area (Å²) in [5.74, 6) is -1.02. The second-order valence-corrected chi connectivity index (χ2v) is 3.65. The Balaban J connectivity index is 2.37. The number of anilines is 2. The molecule has 0 amide bonds. The molecule has 0 fully saturated rings. The second-order valence-electron chi connectivity index (χ2n) is 3.30. The molecule has 0 aliphatic heterocycles. The first-order valence-corrected chi connectivity index (χ1v) is 5.26. The molecule has 0 unspecified atom stereocenters. The lowest BCUT2D eigenvalue weighted by Gasteiger charge is -2.10. The Morgan fingerprint density at radius 2 is 2.06 bits per heavy atom. The van der Waals surface area contributed by atoms with Crippen molar-refractivity contribution >= 4 is 23.1 Å². The lowest BCUT2D eigenvalue weighted by Crippen LogP contribution is -2.01. The van der Waals surface area contributed by atoms with Gasteiger partial charge in [-0.3, -0.25) is 0 Å². The summed E-state index contributed by atoms with van der Waals surface area (Å²) in [4.78, 5) is 7.60. The molecule has 4 nitrogen and oxygen atoms in total. The van der Waals surface area contributed by atoms with Crippen LogP contribution in [0.4, 0.5) is 20.3 Å². The molecule has 1 N–H and O–H groups in total. The zero-order chi connectivity index (χ0) is 13.1. The Kier molecular flexibility index (Phi) is 3.57. The highest BCUT2D eigenvalue weighted by atomic mass is 35.5. The van der Waals surface area contributed by atoms with E-state index in [-0.39, 0.29) is 22.4 Å². The van der Waals surface area contributed by atoms with Crippen LogP contribution in [0.2, 0.25) is 5.15 Å². The van der Waals surface area contributed by atoms with Gasteiger partial charge in [0, 0.05) is 6.07 Å². The number of halogens is 3. The molecular formula is C11H8ClF2N3O. The number of benzene rings is 1. The molecule has 0 aliphatic carbocycles. The van der Waals surface area contributed by atoms with Gasteiger partial charge in [-0.25, -0.2) is 18.7 Å². The van der Waals surface area contributed by atoms with E-state index < -0.39 is 11.6 Å². The van der Waals surface area contributed by atoms with Gasteiger partial charge in [-0.15, -0.1) is 0 Å². The van der Waals surface area contributed by atoms with Crippen LogP contribution in [-0.4, -0.2) is 17.1 Å². The van der Waals surface area contributed by atoms with Crippen molar-refractivity contribution in [2.45, 2.75) is 0 Å². The van der Waals surface area contributed by atoms with Crippen LogP contribution in [0.5, 0.6) is 5.75 Å². The molecule has 1 heterocycles. The van der Waals surface area contributed by atoms with Crippen molar-refractivity contribution in [1.29, 1.82) is 0 Å². The van der Waals surface area contributed by atoms with Crippen molar-refractivity contribution < 1.29 is 13.5 Å². The molecule has 0 spiro atoms. The minimum atomic E-state index is -0.744. The molecule has 2 rings (SSSR count). The van der Waals surface area contributed by atoms with E-state index in [1.807, 2.05) is 0 Å². The van der Waals surface area contributed by atoms with E-state index in [0.29, 0.717) is 0 Å². The van der Waals surface area contributed by atoms with Crippen molar-refractivity contribution in [2.75, 3.05) is 12.4 Å². The molecule has 94 valence electrons. The number of hydrogen-bond acceptors (Lipinski definition) is 4. The van der Waals surface area contributed by atoms with E-state index in [9.17, 15) is 8.78 Å². The van der Waals surface area contributed by atoms with Crippen molar-refractivity contribution in [1.82, 2.24) is 9.97 Å². The van der Waals surface area contributed by atoms with Gasteiger partial charge in [-0.2, -0.15) is 0 Å². The van der Waals surface area contributed by atoms with Crippen LogP contribution in [0.15, 0.2) is 24.5 Å². The summed E-state index contributed by atoms with van der Waals surface area (Å²) < 4.78 is 31.2. The summed E-state index contributed by atoms with van der Waals surface area (Å²) in [6.07, 6.45) is 1.20. The van der Waals surface area contributed by atoms with Crippen molar-refractivity contribution in [3.63, 3.8) is 0 Å². The summed E-state index contributed by atoms with van der Waals surface area (Å²) >= 11 is 5.79. The lowest BCUT2D eigenvalue weighted by atomic mass is 10.3. The maximum Gasteiger partial charge on any atom is 0.199 e. The number of methoxy groups -OCH3 is 1. The van der Waals surface area contributed by atoms with Gasteiger partial charge in [0.25, 0.3) is 0 Å². The number of nitrogens with one attached hydrogen (secondary N) is 1. The Bertz CT molecular complexity index is 580. The Morgan fingerprint density at radius 1 is 1.28 bits per heavy atom. The largest absolute Gasteiger partial charge is 0.490 e. The van der Waals surface area contributed by atoms with Crippen LogP contribution < -0.4 is 10.1 Å². The van der Waals surface area contributed by atoms with Crippen LogP contribution >= 0.6 is 11.6 Å². The topological polar surface area (TPSA) is 47.0 Å². The highest BCUT2D eigenvalue weighted by Crippen LogP contribution is 2.31. The van der Waals surface area contributed by atoms with E-state index >= 15 is 0 Å². The first-order chi connectivity index (χ1) is 8.61. The standard InChI is InChI=1S/C11H8ClF2N3O/c1-18-9-10(12)15-5-16-11(9)17-8-3-2-6(13)4-7(8)14/h2-5H,1H3,(H,15,16,17). The summed E-state index contributed by atoms with van der Waals surface area (Å²) in [6.45, 7) is 0. The normalized spacial score (nSPS) is 10.2. The molecule has 1 aromatic heterocycles. The summed E-state index contributed by atoms with van der Waals surface area (Å²) in [6, 6.07) is 3.14. The van der Waals surface area contributed by atoms with Crippen LogP contribution in [0.1, 0.15) is 0 Å². The Morgan fingerprint density at radius 3 is 2.72 bits per heavy atom. The SMILES string of the molecule is COc1c(Cl)ncnc1Nc1ccc(F)cc1F. The average Bonchev–Trinajstić information content (AvgIpc) is 2.33. The van der Waals surface area contributed by atoms with E-state index in [1.54, 1.807) is 0 Å². The molecule has 0 aliphatic rings. The summed E-state index contributed by atoms with van der Waals surface area (Å²) in [5.41, 5.74) is 0.0597. The van der Waals surface area contributed by atoms with Gasteiger partial charge in [-0.1, -0.05) is 11.6 Å². The number of rotatable bonds is 3. The predicted molar refractivity (Wildman–Crippen MR) is 63.2 cm³/mol. The van der Waals surface area contributed by atoms with Crippen LogP contribution in [0, 0.1) is 11.6 Å². The predicted octanol–water partition coefficient (Wildman–Crippen LogP) is 3.16. The van der Waals surface area contributed by atoms with Gasteiger partial charge in [0.15, 0.2) is 16.7 Å². The maximum atomic E-state index is 13.5. The molecule has 0 atom stereocenters. The number of ether oxygens (including phenoxy) is 1. The van der Waals surface area contributed by atoms with Gasteiger partial charge in [0.05, 0.1) is 12.8 Å². The molecule has 0 radical (unpaired) electrons. The lowest BCUT2D eigenvalue weighted by molar-refractivity contribution is 0.413. The zero-order valence-electron chi connectivity index (χ0n) is 9.25. The van der Waals surface area contributed by atoms with E-state index in [1.165, 1.54) is 19.5 Å². The Hall–Kier alpha value is -1.95. The number of hydrogen-bond donors (Lipinski definition) is 1. The molecule has 0 saturated carbocycles. The highest BCUT2D eigenvalue weighted by Gasteiger charge is 2.12. The van der Waals surface area contributed by atoms with Crippen molar-refractivity contribution in [3.05, 3.63) is 41.3 Å². The zero-order valence-corrected chi connectivity index (χ0v) is 10.0. The molecular weight excluding hydrogens is 264 g/mol. The highest BCUT2D eigenvalue weighted by molar-refractivity contribution is 6.31. The van der Waals surface area contributed by atoms with Crippen molar-refractivity contribution in [2.24, 2.45) is 0 Å². The molecule has 0 saturated heterocycles. The first-order valence-electron chi connectivity index (χ1n) is 4.88. The van der Waals surface area contributed by atoms with E-state index in [0.717, 1.165) is 12.1 Å². The van der Waals surface area contributed by atoms with E-state index in [4.69, 9.17) is 16.3 Å². The van der Waals surface area contributed by atoms with Gasteiger partial charge in [0.2, 0.25) is 0 Å². The fourth-order valence-electron chi connectivity index (χ4n) is 1.34. The number of nitrogens with zero attached hydrogens (tertiary/aromatic N) is 2. The second kappa shape index (κ2) is 5.14. The fourth-order valence-corrected chi connectivity index (χ4v) is 1.55. The van der Waals surface area contributed by atoms with Gasteiger partial charge >= 0.3 is 0 Å². The maximum absolute atomic E-state index is 13.5. The fraction of sp³-hybridized carbons (Fsp3) is 0.0909. The summed E-state index contributed by atoms with van der Waals surface area (Å²) in [5, 5.41) is 2.75. The molecule has 7 heteroatoms. The average molecular weight is 272 g/mol. The van der Waals surface area contributed by atoms with Crippen molar-refractivity contribution in [3.8, 4) is 5.75 Å². The van der Waals surface area contributed by atoms with Gasteiger partial charge in [0.1, 0.15) is 18.0 Å². The minimum Gasteiger partial charge on any atom is -0.490 e. The third kappa shape index (κ3) is 2.48. The van der Waals surface area contributed by atoms with Gasteiger partial charge in [-0.05, 0) is 12.1 Å². The van der Waals surface area contributed by atoms with E-state index in [2.05, 4.69) is 15.3 Å². The molecule has 1 aromatic carbocycles. The third-order valence-electron chi connectivity index (χ3n) is 2.15. The quantitative estimate of drug-likeness (QED) is 0.871. The smallest absolute Gasteiger partial charge is 0.199 e. The molecule has 2 aromatic rings. The monoisotopic (exact) mass is 271 g/mol. The van der Waals surface area contributed by atoms with Crippen LogP contribution in [0.3, 0.4) is 0 Å². The van der Waals surface area contributed by atoms with Crippen LogP contribution in [-0.2, 0) is 0 Å². The summed E-state index contributed by atoms with van der Waals surface area (Å²) in [7, 11) is 1.39.